The van der Waals surface area contributed by atoms with Gasteiger partial charge >= 0.3 is 0 Å². The molecule has 4 aromatic rings. The molecule has 6 heteroatoms. The van der Waals surface area contributed by atoms with Gasteiger partial charge in [-0.15, -0.1) is 0 Å². The van der Waals surface area contributed by atoms with Gasteiger partial charge < -0.3 is 5.32 Å². The third kappa shape index (κ3) is 3.56. The SMILES string of the molecule is O=C1Nc2ccccc2C12CC2c1ccc2c(C=Cc3ccc(CN4CCCCC4)nc3)n[nH]c2c1. The van der Waals surface area contributed by atoms with Crippen molar-refractivity contribution in [3.8, 4) is 0 Å². The number of anilines is 1. The molecule has 7 rings (SSSR count). The highest BCUT2D eigenvalue weighted by Gasteiger charge is 2.65. The number of benzene rings is 2. The minimum atomic E-state index is -0.416. The van der Waals surface area contributed by atoms with Gasteiger partial charge in [-0.2, -0.15) is 5.10 Å². The number of nitrogens with zero attached hydrogens (tertiary/aromatic N) is 3. The van der Waals surface area contributed by atoms with Gasteiger partial charge in [0.1, 0.15) is 0 Å². The number of aromatic nitrogens is 3. The highest BCUT2D eigenvalue weighted by atomic mass is 16.2. The number of carbonyl (C=O) groups is 1. The van der Waals surface area contributed by atoms with Crippen LogP contribution in [0.3, 0.4) is 0 Å². The van der Waals surface area contributed by atoms with E-state index in [-0.39, 0.29) is 11.8 Å². The number of para-hydroxylation sites is 1. The molecule has 0 radical (unpaired) electrons. The summed E-state index contributed by atoms with van der Waals surface area (Å²) < 4.78 is 0. The number of carbonyl (C=O) groups excluding carboxylic acids is 1. The summed E-state index contributed by atoms with van der Waals surface area (Å²) in [5.41, 5.74) is 6.94. The van der Waals surface area contributed by atoms with Crippen LogP contribution in [-0.2, 0) is 16.8 Å². The summed E-state index contributed by atoms with van der Waals surface area (Å²) >= 11 is 0. The van der Waals surface area contributed by atoms with E-state index in [1.54, 1.807) is 0 Å². The number of pyridine rings is 1. The van der Waals surface area contributed by atoms with Crippen molar-refractivity contribution >= 4 is 34.6 Å². The van der Waals surface area contributed by atoms with Crippen LogP contribution in [0.5, 0.6) is 0 Å². The maximum absolute atomic E-state index is 12.9. The largest absolute Gasteiger partial charge is 0.325 e. The van der Waals surface area contributed by atoms with E-state index >= 15 is 0 Å². The van der Waals surface area contributed by atoms with Crippen molar-refractivity contribution in [3.63, 3.8) is 0 Å². The smallest absolute Gasteiger partial charge is 0.235 e. The third-order valence-electron chi connectivity index (χ3n) is 8.16. The van der Waals surface area contributed by atoms with Crippen LogP contribution in [-0.4, -0.2) is 39.1 Å². The lowest BCUT2D eigenvalue weighted by Crippen LogP contribution is -2.29. The van der Waals surface area contributed by atoms with E-state index in [1.807, 2.05) is 30.5 Å². The maximum Gasteiger partial charge on any atom is 0.235 e. The van der Waals surface area contributed by atoms with E-state index in [2.05, 4.69) is 67.9 Å². The van der Waals surface area contributed by atoms with Gasteiger partial charge in [-0.05, 0) is 73.3 Å². The molecule has 36 heavy (non-hydrogen) atoms. The predicted octanol–water partition coefficient (Wildman–Crippen LogP) is 5.49. The molecule has 2 N–H and O–H groups in total. The molecule has 1 aliphatic carbocycles. The first-order chi connectivity index (χ1) is 17.7. The monoisotopic (exact) mass is 475 g/mol. The average Bonchev–Trinajstić information content (AvgIpc) is 3.45. The van der Waals surface area contributed by atoms with Crippen LogP contribution in [0.1, 0.15) is 59.7 Å². The number of H-pyrrole nitrogens is 1. The molecule has 2 aliphatic heterocycles. The number of nitrogens with one attached hydrogen (secondary N) is 2. The quantitative estimate of drug-likeness (QED) is 0.400. The molecule has 2 aromatic carbocycles. The predicted molar refractivity (Wildman–Crippen MR) is 142 cm³/mol. The lowest BCUT2D eigenvalue weighted by Gasteiger charge is -2.25. The number of hydrogen-bond acceptors (Lipinski definition) is 4. The molecule has 1 amide bonds. The van der Waals surface area contributed by atoms with Crippen molar-refractivity contribution in [2.75, 3.05) is 18.4 Å². The fraction of sp³-hybridized carbons (Fsp3) is 0.300. The van der Waals surface area contributed by atoms with Crippen molar-refractivity contribution in [2.45, 2.75) is 43.6 Å². The van der Waals surface area contributed by atoms with Gasteiger partial charge in [-0.25, -0.2) is 0 Å². The third-order valence-corrected chi connectivity index (χ3v) is 8.16. The zero-order valence-corrected chi connectivity index (χ0v) is 20.2. The molecule has 0 bridgehead atoms. The highest BCUT2D eigenvalue weighted by Crippen LogP contribution is 2.64. The first-order valence-electron chi connectivity index (χ1n) is 12.9. The number of hydrogen-bond donors (Lipinski definition) is 2. The second kappa shape index (κ2) is 8.42. The van der Waals surface area contributed by atoms with Crippen molar-refractivity contribution in [3.05, 3.63) is 88.9 Å². The van der Waals surface area contributed by atoms with Gasteiger partial charge in [-0.3, -0.25) is 19.8 Å². The summed E-state index contributed by atoms with van der Waals surface area (Å²) in [6, 6.07) is 18.8. The van der Waals surface area contributed by atoms with Gasteiger partial charge in [0, 0.05) is 29.7 Å². The van der Waals surface area contributed by atoms with Crippen LogP contribution >= 0.6 is 0 Å². The topological polar surface area (TPSA) is 73.9 Å². The Balaban J connectivity index is 1.08. The summed E-state index contributed by atoms with van der Waals surface area (Å²) in [6.07, 6.45) is 10.8. The number of rotatable bonds is 5. The molecular weight excluding hydrogens is 446 g/mol. The normalized spacial score (nSPS) is 23.4. The van der Waals surface area contributed by atoms with E-state index in [4.69, 9.17) is 0 Å². The molecular formula is C30H29N5O. The van der Waals surface area contributed by atoms with Crippen molar-refractivity contribution in [1.29, 1.82) is 0 Å². The average molecular weight is 476 g/mol. The zero-order chi connectivity index (χ0) is 24.1. The lowest BCUT2D eigenvalue weighted by atomic mass is 9.92. The number of aromatic amines is 1. The van der Waals surface area contributed by atoms with Crippen molar-refractivity contribution in [2.24, 2.45) is 0 Å². The lowest BCUT2D eigenvalue weighted by molar-refractivity contribution is -0.118. The van der Waals surface area contributed by atoms with E-state index in [0.29, 0.717) is 0 Å². The zero-order valence-electron chi connectivity index (χ0n) is 20.2. The van der Waals surface area contributed by atoms with Crippen LogP contribution in [0, 0.1) is 0 Å². The Bertz CT molecular complexity index is 1480. The van der Waals surface area contributed by atoms with Crippen LogP contribution in [0.25, 0.3) is 23.1 Å². The molecule has 2 aromatic heterocycles. The highest BCUT2D eigenvalue weighted by molar-refractivity contribution is 6.09. The van der Waals surface area contributed by atoms with Gasteiger partial charge in [0.05, 0.1) is 22.3 Å². The molecule has 3 aliphatic rings. The molecule has 4 heterocycles. The maximum atomic E-state index is 12.9. The molecule has 1 saturated heterocycles. The minimum Gasteiger partial charge on any atom is -0.325 e. The molecule has 2 unspecified atom stereocenters. The minimum absolute atomic E-state index is 0.123. The van der Waals surface area contributed by atoms with Gasteiger partial charge in [0.2, 0.25) is 5.91 Å². The van der Waals surface area contributed by atoms with Crippen molar-refractivity contribution in [1.82, 2.24) is 20.1 Å². The Labute approximate surface area is 210 Å². The molecule has 2 atom stereocenters. The Kier molecular flexibility index (Phi) is 5.03. The number of amides is 1. The summed E-state index contributed by atoms with van der Waals surface area (Å²) in [7, 11) is 0. The summed E-state index contributed by atoms with van der Waals surface area (Å²) in [5.74, 6) is 0.319. The molecule has 6 nitrogen and oxygen atoms in total. The van der Waals surface area contributed by atoms with Gasteiger partial charge in [0.15, 0.2) is 0 Å². The number of fused-ring (bicyclic) bond motifs is 3. The molecule has 180 valence electrons. The standard InChI is InChI=1S/C30H29N5O/c36-29-30(24-6-2-3-7-27(24)32-29)17-25(30)21-10-12-23-26(33-34-28(23)16-21)13-9-20-8-11-22(31-18-20)19-35-14-4-1-5-15-35/h2-3,6-13,16,18,25H,1,4-5,14-15,17,19H2,(H,32,36)(H,33,34). The molecule has 2 fully saturated rings. The summed E-state index contributed by atoms with van der Waals surface area (Å²) in [5, 5.41) is 11.9. The van der Waals surface area contributed by atoms with Crippen LogP contribution in [0.15, 0.2) is 60.8 Å². The summed E-state index contributed by atoms with van der Waals surface area (Å²) in [6.45, 7) is 3.30. The second-order valence-electron chi connectivity index (χ2n) is 10.4. The number of piperidine rings is 1. The first-order valence-corrected chi connectivity index (χ1v) is 12.9. The molecule has 1 saturated carbocycles. The Morgan fingerprint density at radius 3 is 2.78 bits per heavy atom. The fourth-order valence-electron chi connectivity index (χ4n) is 6.10. The Morgan fingerprint density at radius 1 is 1.03 bits per heavy atom. The number of likely N-dealkylation sites (tertiary alicyclic amines) is 1. The van der Waals surface area contributed by atoms with E-state index in [1.165, 1.54) is 37.9 Å². The van der Waals surface area contributed by atoms with Crippen LogP contribution in [0.2, 0.25) is 0 Å². The van der Waals surface area contributed by atoms with Crippen LogP contribution in [0.4, 0.5) is 5.69 Å². The Hall–Kier alpha value is -3.77. The van der Waals surface area contributed by atoms with Crippen LogP contribution < -0.4 is 5.32 Å². The van der Waals surface area contributed by atoms with Crippen molar-refractivity contribution < 1.29 is 4.79 Å². The van der Waals surface area contributed by atoms with E-state index in [0.717, 1.165) is 52.1 Å². The van der Waals surface area contributed by atoms with E-state index < -0.39 is 5.41 Å². The first kappa shape index (κ1) is 21.5. The van der Waals surface area contributed by atoms with E-state index in [9.17, 15) is 4.79 Å². The second-order valence-corrected chi connectivity index (χ2v) is 10.4. The molecule has 1 spiro atoms. The Morgan fingerprint density at radius 2 is 1.92 bits per heavy atom. The fourth-order valence-corrected chi connectivity index (χ4v) is 6.10. The van der Waals surface area contributed by atoms with Gasteiger partial charge in [0.25, 0.3) is 0 Å². The summed E-state index contributed by atoms with van der Waals surface area (Å²) in [4.78, 5) is 20.0. The van der Waals surface area contributed by atoms with Gasteiger partial charge in [-0.1, -0.05) is 48.9 Å².